The van der Waals surface area contributed by atoms with E-state index in [1.54, 1.807) is 21.0 Å². The Bertz CT molecular complexity index is 676. The number of carbonyl (C=O) groups excluding carboxylic acids is 2. The van der Waals surface area contributed by atoms with Crippen LogP contribution in [-0.2, 0) is 0 Å². The van der Waals surface area contributed by atoms with E-state index in [2.05, 4.69) is 10.4 Å². The predicted molar refractivity (Wildman–Crippen MR) is 79.5 cm³/mol. The molecule has 2 aromatic rings. The molecule has 7 heteroatoms. The van der Waals surface area contributed by atoms with Crippen LogP contribution in [0.1, 0.15) is 16.1 Å². The standard InChI is InChI=1S/C14H17N5O2/c1-9-11(13(20)18(2)3)17-19(12(9)16-14(15)21)10-7-5-4-6-8-10/h4-8H,1-3H3,(H3,15,16,21). The van der Waals surface area contributed by atoms with Crippen LogP contribution in [0.5, 0.6) is 0 Å². The quantitative estimate of drug-likeness (QED) is 0.892. The molecule has 0 radical (unpaired) electrons. The van der Waals surface area contributed by atoms with Gasteiger partial charge in [0.25, 0.3) is 5.91 Å². The minimum absolute atomic E-state index is 0.241. The van der Waals surface area contributed by atoms with E-state index < -0.39 is 6.03 Å². The topological polar surface area (TPSA) is 93.2 Å². The van der Waals surface area contributed by atoms with Gasteiger partial charge in [-0.1, -0.05) is 18.2 Å². The van der Waals surface area contributed by atoms with Crippen molar-refractivity contribution < 1.29 is 9.59 Å². The Kier molecular flexibility index (Phi) is 3.93. The molecule has 0 atom stereocenters. The molecule has 0 fully saturated rings. The number of benzene rings is 1. The number of hydrogen-bond acceptors (Lipinski definition) is 3. The average molecular weight is 287 g/mol. The third kappa shape index (κ3) is 2.86. The van der Waals surface area contributed by atoms with Crippen molar-refractivity contribution >= 4 is 17.8 Å². The molecule has 0 unspecified atom stereocenters. The highest BCUT2D eigenvalue weighted by Crippen LogP contribution is 2.23. The first-order valence-electron chi connectivity index (χ1n) is 6.35. The van der Waals surface area contributed by atoms with E-state index in [1.807, 2.05) is 30.3 Å². The summed E-state index contributed by atoms with van der Waals surface area (Å²) in [6.07, 6.45) is 0. The molecule has 21 heavy (non-hydrogen) atoms. The molecule has 2 rings (SSSR count). The molecule has 0 spiro atoms. The van der Waals surface area contributed by atoms with Crippen molar-refractivity contribution in [1.29, 1.82) is 0 Å². The van der Waals surface area contributed by atoms with Crippen LogP contribution in [0.25, 0.3) is 5.69 Å². The third-order valence-electron chi connectivity index (χ3n) is 2.97. The first-order chi connectivity index (χ1) is 9.91. The molecule has 1 aromatic heterocycles. The maximum atomic E-state index is 12.2. The number of urea groups is 1. The van der Waals surface area contributed by atoms with Gasteiger partial charge in [0.05, 0.1) is 5.69 Å². The van der Waals surface area contributed by atoms with E-state index in [1.165, 1.54) is 9.58 Å². The van der Waals surface area contributed by atoms with Crippen LogP contribution in [0, 0.1) is 6.92 Å². The second kappa shape index (κ2) is 5.66. The molecule has 3 N–H and O–H groups in total. The largest absolute Gasteiger partial charge is 0.351 e. The van der Waals surface area contributed by atoms with E-state index in [0.29, 0.717) is 11.4 Å². The lowest BCUT2D eigenvalue weighted by atomic mass is 10.2. The van der Waals surface area contributed by atoms with Crippen molar-refractivity contribution in [2.45, 2.75) is 6.92 Å². The fourth-order valence-corrected chi connectivity index (χ4v) is 1.93. The van der Waals surface area contributed by atoms with E-state index >= 15 is 0 Å². The second-order valence-corrected chi connectivity index (χ2v) is 4.76. The van der Waals surface area contributed by atoms with Crippen LogP contribution in [0.2, 0.25) is 0 Å². The molecule has 1 heterocycles. The first kappa shape index (κ1) is 14.6. The maximum absolute atomic E-state index is 12.2. The summed E-state index contributed by atoms with van der Waals surface area (Å²) in [7, 11) is 3.29. The minimum atomic E-state index is -0.709. The van der Waals surface area contributed by atoms with Crippen molar-refractivity contribution in [3.63, 3.8) is 0 Å². The summed E-state index contributed by atoms with van der Waals surface area (Å²) in [5.41, 5.74) is 6.76. The van der Waals surface area contributed by atoms with Crippen LogP contribution in [0.3, 0.4) is 0 Å². The van der Waals surface area contributed by atoms with Gasteiger partial charge in [0.15, 0.2) is 5.69 Å². The Morgan fingerprint density at radius 2 is 1.86 bits per heavy atom. The number of nitrogens with zero attached hydrogens (tertiary/aromatic N) is 3. The molecular weight excluding hydrogens is 270 g/mol. The van der Waals surface area contributed by atoms with Crippen molar-refractivity contribution in [1.82, 2.24) is 14.7 Å². The fraction of sp³-hybridized carbons (Fsp3) is 0.214. The smallest absolute Gasteiger partial charge is 0.317 e. The number of aromatic nitrogens is 2. The molecular formula is C14H17N5O2. The number of primary amides is 1. The second-order valence-electron chi connectivity index (χ2n) is 4.76. The monoisotopic (exact) mass is 287 g/mol. The van der Waals surface area contributed by atoms with Gasteiger partial charge in [-0.25, -0.2) is 9.48 Å². The summed E-state index contributed by atoms with van der Waals surface area (Å²) in [5.74, 6) is 0.147. The summed E-state index contributed by atoms with van der Waals surface area (Å²) < 4.78 is 1.50. The van der Waals surface area contributed by atoms with E-state index in [9.17, 15) is 9.59 Å². The van der Waals surface area contributed by atoms with E-state index in [4.69, 9.17) is 5.73 Å². The molecule has 3 amide bonds. The highest BCUT2D eigenvalue weighted by atomic mass is 16.2. The summed E-state index contributed by atoms with van der Waals surface area (Å²) in [4.78, 5) is 24.8. The Morgan fingerprint density at radius 1 is 1.24 bits per heavy atom. The molecule has 0 aliphatic rings. The van der Waals surface area contributed by atoms with Gasteiger partial charge >= 0.3 is 6.03 Å². The van der Waals surface area contributed by atoms with Crippen LogP contribution in [0.15, 0.2) is 30.3 Å². The Balaban J connectivity index is 2.60. The number of para-hydroxylation sites is 1. The van der Waals surface area contributed by atoms with Gasteiger partial charge in [0.1, 0.15) is 5.82 Å². The first-order valence-corrected chi connectivity index (χ1v) is 6.35. The van der Waals surface area contributed by atoms with Crippen LogP contribution >= 0.6 is 0 Å². The lowest BCUT2D eigenvalue weighted by Crippen LogP contribution is -2.23. The number of anilines is 1. The van der Waals surface area contributed by atoms with Crippen molar-refractivity contribution in [2.75, 3.05) is 19.4 Å². The van der Waals surface area contributed by atoms with Gasteiger partial charge < -0.3 is 10.6 Å². The van der Waals surface area contributed by atoms with Gasteiger partial charge in [-0.15, -0.1) is 0 Å². The Labute approximate surface area is 122 Å². The van der Waals surface area contributed by atoms with Crippen LogP contribution in [-0.4, -0.2) is 40.7 Å². The van der Waals surface area contributed by atoms with Crippen LogP contribution < -0.4 is 11.1 Å². The normalized spacial score (nSPS) is 10.2. The molecule has 0 bridgehead atoms. The molecule has 110 valence electrons. The number of rotatable bonds is 3. The number of hydrogen-bond donors (Lipinski definition) is 2. The lowest BCUT2D eigenvalue weighted by Gasteiger charge is -2.08. The molecule has 1 aromatic carbocycles. The van der Waals surface area contributed by atoms with Crippen molar-refractivity contribution in [3.05, 3.63) is 41.6 Å². The Hall–Kier alpha value is -2.83. The molecule has 0 saturated carbocycles. The highest BCUT2D eigenvalue weighted by molar-refractivity contribution is 5.97. The van der Waals surface area contributed by atoms with Crippen LogP contribution in [0.4, 0.5) is 10.6 Å². The van der Waals surface area contributed by atoms with E-state index in [-0.39, 0.29) is 11.6 Å². The number of carbonyl (C=O) groups is 2. The van der Waals surface area contributed by atoms with Gasteiger partial charge in [-0.2, -0.15) is 5.10 Å². The summed E-state index contributed by atoms with van der Waals surface area (Å²) in [5, 5.41) is 6.83. The summed E-state index contributed by atoms with van der Waals surface area (Å²) in [6.45, 7) is 1.72. The van der Waals surface area contributed by atoms with Gasteiger partial charge in [-0.3, -0.25) is 10.1 Å². The fourth-order valence-electron chi connectivity index (χ4n) is 1.93. The zero-order chi connectivity index (χ0) is 15.6. The molecule has 0 saturated heterocycles. The summed E-state index contributed by atoms with van der Waals surface area (Å²) in [6, 6.07) is 8.48. The maximum Gasteiger partial charge on any atom is 0.317 e. The average Bonchev–Trinajstić information content (AvgIpc) is 2.76. The highest BCUT2D eigenvalue weighted by Gasteiger charge is 2.22. The van der Waals surface area contributed by atoms with Gasteiger partial charge in [0.2, 0.25) is 0 Å². The van der Waals surface area contributed by atoms with Gasteiger partial charge in [0, 0.05) is 19.7 Å². The molecule has 0 aliphatic heterocycles. The van der Waals surface area contributed by atoms with Gasteiger partial charge in [-0.05, 0) is 19.1 Å². The SMILES string of the molecule is Cc1c(C(=O)N(C)C)nn(-c2ccccc2)c1NC(N)=O. The minimum Gasteiger partial charge on any atom is -0.351 e. The number of nitrogens with two attached hydrogens (primary N) is 1. The zero-order valence-corrected chi connectivity index (χ0v) is 12.1. The van der Waals surface area contributed by atoms with Crippen molar-refractivity contribution in [2.24, 2.45) is 5.73 Å². The predicted octanol–water partition coefficient (Wildman–Crippen LogP) is 1.37. The molecule has 0 aliphatic carbocycles. The third-order valence-corrected chi connectivity index (χ3v) is 2.97. The Morgan fingerprint density at radius 3 is 2.38 bits per heavy atom. The number of nitrogens with one attached hydrogen (secondary N) is 1. The van der Waals surface area contributed by atoms with E-state index in [0.717, 1.165) is 5.69 Å². The summed E-state index contributed by atoms with van der Waals surface area (Å²) >= 11 is 0. The lowest BCUT2D eigenvalue weighted by molar-refractivity contribution is 0.0821. The number of amides is 3. The molecule has 7 nitrogen and oxygen atoms in total. The van der Waals surface area contributed by atoms with Crippen molar-refractivity contribution in [3.8, 4) is 5.69 Å². The zero-order valence-electron chi connectivity index (χ0n) is 12.1.